The van der Waals surface area contributed by atoms with Crippen LogP contribution in [0.2, 0.25) is 0 Å². The lowest BCUT2D eigenvalue weighted by Gasteiger charge is -2.27. The maximum Gasteiger partial charge on any atom is 0.122 e. The zero-order valence-electron chi connectivity index (χ0n) is 10.7. The minimum Gasteiger partial charge on any atom is -0.508 e. The van der Waals surface area contributed by atoms with E-state index in [9.17, 15) is 10.2 Å². The number of hydrogen-bond acceptors (Lipinski definition) is 4. The topological polar surface area (TPSA) is 55.7 Å². The van der Waals surface area contributed by atoms with E-state index in [1.807, 2.05) is 0 Å². The molecule has 0 spiro atoms. The van der Waals surface area contributed by atoms with Gasteiger partial charge in [-0.1, -0.05) is 6.07 Å². The molecule has 3 N–H and O–H groups in total. The maximum absolute atomic E-state index is 9.66. The van der Waals surface area contributed by atoms with Crippen molar-refractivity contribution in [2.24, 2.45) is 0 Å². The van der Waals surface area contributed by atoms with Crippen LogP contribution in [0, 0.1) is 0 Å². The average Bonchev–Trinajstić information content (AvgIpc) is 2.38. The van der Waals surface area contributed by atoms with Crippen LogP contribution in [0.5, 0.6) is 11.5 Å². The van der Waals surface area contributed by atoms with Crippen LogP contribution in [0.15, 0.2) is 18.2 Å². The monoisotopic (exact) mass is 250 g/mol. The highest BCUT2D eigenvalue weighted by molar-refractivity contribution is 5.38. The molecule has 0 aromatic heterocycles. The molecule has 1 fully saturated rings. The molecule has 4 heteroatoms. The van der Waals surface area contributed by atoms with E-state index >= 15 is 0 Å². The first-order chi connectivity index (χ1) is 8.75. The number of rotatable bonds is 5. The van der Waals surface area contributed by atoms with Crippen molar-refractivity contribution in [1.29, 1.82) is 0 Å². The highest BCUT2D eigenvalue weighted by atomic mass is 16.3. The van der Waals surface area contributed by atoms with Crippen LogP contribution >= 0.6 is 0 Å². The van der Waals surface area contributed by atoms with Crippen LogP contribution in [-0.2, 0) is 6.42 Å². The Labute approximate surface area is 108 Å². The number of hydrogen-bond donors (Lipinski definition) is 3. The molecule has 4 nitrogen and oxygen atoms in total. The lowest BCUT2D eigenvalue weighted by molar-refractivity contribution is 0.237. The van der Waals surface area contributed by atoms with Crippen molar-refractivity contribution < 1.29 is 10.2 Å². The highest BCUT2D eigenvalue weighted by Crippen LogP contribution is 2.23. The summed E-state index contributed by atoms with van der Waals surface area (Å²) < 4.78 is 0. The molecule has 1 aromatic rings. The zero-order valence-corrected chi connectivity index (χ0v) is 10.7. The molecule has 1 aromatic carbocycles. The molecule has 1 saturated heterocycles. The summed E-state index contributed by atoms with van der Waals surface area (Å²) in [6.07, 6.45) is 3.10. The lowest BCUT2D eigenvalue weighted by Crippen LogP contribution is -2.43. The van der Waals surface area contributed by atoms with E-state index in [1.54, 1.807) is 12.1 Å². The third-order valence-corrected chi connectivity index (χ3v) is 3.45. The van der Waals surface area contributed by atoms with Gasteiger partial charge < -0.3 is 20.4 Å². The molecular formula is C14H22N2O2. The third kappa shape index (κ3) is 3.89. The van der Waals surface area contributed by atoms with E-state index in [-0.39, 0.29) is 11.5 Å². The number of nitrogens with zero attached hydrogens (tertiary/aromatic N) is 1. The summed E-state index contributed by atoms with van der Waals surface area (Å²) in [6, 6.07) is 4.84. The second kappa shape index (κ2) is 6.61. The molecule has 0 aliphatic carbocycles. The van der Waals surface area contributed by atoms with E-state index < -0.39 is 0 Å². The second-order valence-corrected chi connectivity index (χ2v) is 4.86. The average molecular weight is 250 g/mol. The fourth-order valence-corrected chi connectivity index (χ4v) is 2.35. The van der Waals surface area contributed by atoms with Crippen LogP contribution in [0.25, 0.3) is 0 Å². The summed E-state index contributed by atoms with van der Waals surface area (Å²) in [7, 11) is 0. The largest absolute Gasteiger partial charge is 0.508 e. The summed E-state index contributed by atoms with van der Waals surface area (Å²) in [5, 5.41) is 22.2. The van der Waals surface area contributed by atoms with Crippen LogP contribution < -0.4 is 5.32 Å². The van der Waals surface area contributed by atoms with Gasteiger partial charge in [0.15, 0.2) is 0 Å². The van der Waals surface area contributed by atoms with Gasteiger partial charge in [-0.15, -0.1) is 0 Å². The third-order valence-electron chi connectivity index (χ3n) is 3.45. The van der Waals surface area contributed by atoms with Crippen LogP contribution in [0.1, 0.15) is 18.4 Å². The number of phenolic OH excluding ortho intramolecular Hbond substituents is 2. The Morgan fingerprint density at radius 2 is 1.89 bits per heavy atom. The highest BCUT2D eigenvalue weighted by Gasteiger charge is 2.08. The Bertz CT molecular complexity index is 376. The van der Waals surface area contributed by atoms with Gasteiger partial charge in [0.2, 0.25) is 0 Å². The van der Waals surface area contributed by atoms with Crippen molar-refractivity contribution in [2.75, 3.05) is 32.7 Å². The quantitative estimate of drug-likeness (QED) is 0.690. The zero-order chi connectivity index (χ0) is 12.8. The normalized spacial score (nSPS) is 16.9. The standard InChI is InChI=1S/C14H22N2O2/c17-13-5-4-12(14(18)11-13)3-1-2-8-16-9-6-15-7-10-16/h4-5,11,15,17-18H,1-3,6-10H2. The van der Waals surface area contributed by atoms with Crippen molar-refractivity contribution in [3.8, 4) is 11.5 Å². The minimum absolute atomic E-state index is 0.122. The Morgan fingerprint density at radius 1 is 1.11 bits per heavy atom. The molecule has 0 amide bonds. The number of piperazine rings is 1. The minimum atomic E-state index is 0.122. The van der Waals surface area contributed by atoms with Gasteiger partial charge >= 0.3 is 0 Å². The van der Waals surface area contributed by atoms with Crippen molar-refractivity contribution in [2.45, 2.75) is 19.3 Å². The smallest absolute Gasteiger partial charge is 0.122 e. The number of unbranched alkanes of at least 4 members (excludes halogenated alkanes) is 1. The molecule has 18 heavy (non-hydrogen) atoms. The van der Waals surface area contributed by atoms with Crippen molar-refractivity contribution in [1.82, 2.24) is 10.2 Å². The first kappa shape index (κ1) is 13.2. The molecule has 2 rings (SSSR count). The predicted octanol–water partition coefficient (Wildman–Crippen LogP) is 1.33. The molecule has 0 unspecified atom stereocenters. The van der Waals surface area contributed by atoms with E-state index in [0.717, 1.165) is 57.5 Å². The number of nitrogens with one attached hydrogen (secondary N) is 1. The first-order valence-electron chi connectivity index (χ1n) is 6.69. The fourth-order valence-electron chi connectivity index (χ4n) is 2.35. The number of aromatic hydroxyl groups is 2. The van der Waals surface area contributed by atoms with E-state index in [4.69, 9.17) is 0 Å². The van der Waals surface area contributed by atoms with Gasteiger partial charge in [-0.25, -0.2) is 0 Å². The van der Waals surface area contributed by atoms with Crippen molar-refractivity contribution >= 4 is 0 Å². The fraction of sp³-hybridized carbons (Fsp3) is 0.571. The predicted molar refractivity (Wildman–Crippen MR) is 72.0 cm³/mol. The van der Waals surface area contributed by atoms with E-state index in [2.05, 4.69) is 10.2 Å². The van der Waals surface area contributed by atoms with E-state index in [0.29, 0.717) is 0 Å². The molecule has 0 atom stereocenters. The van der Waals surface area contributed by atoms with Crippen molar-refractivity contribution in [3.05, 3.63) is 23.8 Å². The van der Waals surface area contributed by atoms with Crippen LogP contribution in [0.4, 0.5) is 0 Å². The first-order valence-corrected chi connectivity index (χ1v) is 6.69. The molecule has 0 bridgehead atoms. The molecular weight excluding hydrogens is 228 g/mol. The molecule has 1 aliphatic heterocycles. The molecule has 1 aliphatic rings. The molecule has 100 valence electrons. The molecule has 1 heterocycles. The summed E-state index contributed by atoms with van der Waals surface area (Å²) in [6.45, 7) is 5.62. The van der Waals surface area contributed by atoms with E-state index in [1.165, 1.54) is 6.07 Å². The summed E-state index contributed by atoms with van der Waals surface area (Å²) in [4.78, 5) is 2.48. The van der Waals surface area contributed by atoms with Gasteiger partial charge in [-0.3, -0.25) is 0 Å². The second-order valence-electron chi connectivity index (χ2n) is 4.86. The Hall–Kier alpha value is -1.26. The van der Waals surface area contributed by atoms with Gasteiger partial charge in [0.25, 0.3) is 0 Å². The SMILES string of the molecule is Oc1ccc(CCCCN2CCNCC2)c(O)c1. The van der Waals surface area contributed by atoms with Gasteiger partial charge in [0, 0.05) is 32.2 Å². The van der Waals surface area contributed by atoms with Gasteiger partial charge in [0.05, 0.1) is 0 Å². The summed E-state index contributed by atoms with van der Waals surface area (Å²) in [5.41, 5.74) is 0.924. The molecule has 0 saturated carbocycles. The van der Waals surface area contributed by atoms with Gasteiger partial charge in [-0.2, -0.15) is 0 Å². The summed E-state index contributed by atoms with van der Waals surface area (Å²) >= 11 is 0. The van der Waals surface area contributed by atoms with Crippen LogP contribution in [-0.4, -0.2) is 47.8 Å². The summed E-state index contributed by atoms with van der Waals surface area (Å²) in [5.74, 6) is 0.328. The van der Waals surface area contributed by atoms with Gasteiger partial charge in [0.1, 0.15) is 11.5 Å². The number of phenols is 2. The molecule has 0 radical (unpaired) electrons. The number of aryl methyl sites for hydroxylation is 1. The number of benzene rings is 1. The Morgan fingerprint density at radius 3 is 2.61 bits per heavy atom. The Balaban J connectivity index is 1.68. The maximum atomic E-state index is 9.66. The lowest BCUT2D eigenvalue weighted by atomic mass is 10.1. The Kier molecular flexibility index (Phi) is 4.84. The van der Waals surface area contributed by atoms with Crippen LogP contribution in [0.3, 0.4) is 0 Å². The van der Waals surface area contributed by atoms with Gasteiger partial charge in [-0.05, 0) is 37.4 Å². The van der Waals surface area contributed by atoms with Crippen molar-refractivity contribution in [3.63, 3.8) is 0 Å².